The van der Waals surface area contributed by atoms with Gasteiger partial charge in [0.15, 0.2) is 6.61 Å². The lowest BCUT2D eigenvalue weighted by Gasteiger charge is -2.12. The summed E-state index contributed by atoms with van der Waals surface area (Å²) < 4.78 is 37.6. The van der Waals surface area contributed by atoms with Gasteiger partial charge in [-0.1, -0.05) is 0 Å². The summed E-state index contributed by atoms with van der Waals surface area (Å²) in [6, 6.07) is 12.4. The molecule has 0 aliphatic carbocycles. The van der Waals surface area contributed by atoms with Gasteiger partial charge in [0.2, 0.25) is 0 Å². The Hall–Kier alpha value is -2.74. The van der Waals surface area contributed by atoms with Crippen molar-refractivity contribution in [1.29, 1.82) is 0 Å². The van der Waals surface area contributed by atoms with Gasteiger partial charge in [0.05, 0.1) is 12.0 Å². The molecule has 0 heterocycles. The average molecular weight is 364 g/mol. The van der Waals surface area contributed by atoms with Gasteiger partial charge in [-0.15, -0.1) is 0 Å². The van der Waals surface area contributed by atoms with Crippen molar-refractivity contribution in [2.24, 2.45) is 0 Å². The Morgan fingerprint density at radius 3 is 2.08 bits per heavy atom. The van der Waals surface area contributed by atoms with Crippen LogP contribution in [-0.2, 0) is 14.8 Å². The second-order valence-electron chi connectivity index (χ2n) is 5.38. The Balaban J connectivity index is 2.05. The van der Waals surface area contributed by atoms with E-state index in [1.165, 1.54) is 36.3 Å². The van der Waals surface area contributed by atoms with Crippen LogP contribution in [0, 0.1) is 0 Å². The van der Waals surface area contributed by atoms with Crippen molar-refractivity contribution in [1.82, 2.24) is 4.90 Å². The van der Waals surface area contributed by atoms with Crippen LogP contribution in [0.1, 0.15) is 0 Å². The fraction of sp³-hybridized carbons (Fsp3) is 0.235. The normalized spacial score (nSPS) is 10.8. The molecule has 2 aromatic carbocycles. The van der Waals surface area contributed by atoms with E-state index in [1.807, 2.05) is 0 Å². The van der Waals surface area contributed by atoms with Gasteiger partial charge < -0.3 is 14.4 Å². The van der Waals surface area contributed by atoms with E-state index in [2.05, 4.69) is 4.72 Å². The zero-order valence-corrected chi connectivity index (χ0v) is 15.0. The number of carbonyl (C=O) groups excluding carboxylic acids is 1. The number of amides is 1. The fourth-order valence-electron chi connectivity index (χ4n) is 1.86. The van der Waals surface area contributed by atoms with Crippen molar-refractivity contribution in [3.05, 3.63) is 48.5 Å². The molecule has 8 heteroatoms. The first-order chi connectivity index (χ1) is 11.8. The summed E-state index contributed by atoms with van der Waals surface area (Å²) in [7, 11) is 1.08. The number of hydrogen-bond acceptors (Lipinski definition) is 5. The first-order valence-corrected chi connectivity index (χ1v) is 8.90. The standard InChI is InChI=1S/C17H20N2O5S/c1-19(2)17(20)12-24-15-8-10-16(11-9-15)25(21,22)18-13-4-6-14(23-3)7-5-13/h4-11,18H,12H2,1-3H3. The maximum atomic E-state index is 12.4. The van der Waals surface area contributed by atoms with Crippen LogP contribution in [0.25, 0.3) is 0 Å². The maximum absolute atomic E-state index is 12.4. The van der Waals surface area contributed by atoms with Crippen LogP contribution in [0.2, 0.25) is 0 Å². The van der Waals surface area contributed by atoms with Crippen molar-refractivity contribution in [2.45, 2.75) is 4.90 Å². The predicted molar refractivity (Wildman–Crippen MR) is 94.4 cm³/mol. The molecule has 0 fully saturated rings. The number of benzene rings is 2. The third kappa shape index (κ3) is 5.12. The molecule has 1 N–H and O–H groups in total. The molecular weight excluding hydrogens is 344 g/mol. The Morgan fingerprint density at radius 2 is 1.56 bits per heavy atom. The number of ether oxygens (including phenoxy) is 2. The van der Waals surface area contributed by atoms with Crippen molar-refractivity contribution >= 4 is 21.6 Å². The van der Waals surface area contributed by atoms with Gasteiger partial charge >= 0.3 is 0 Å². The Labute approximate surface area is 147 Å². The molecule has 0 saturated heterocycles. The third-order valence-electron chi connectivity index (χ3n) is 3.34. The minimum atomic E-state index is -3.72. The van der Waals surface area contributed by atoms with Gasteiger partial charge in [-0.05, 0) is 48.5 Å². The number of anilines is 1. The van der Waals surface area contributed by atoms with Crippen LogP contribution >= 0.6 is 0 Å². The van der Waals surface area contributed by atoms with E-state index in [1.54, 1.807) is 38.4 Å². The van der Waals surface area contributed by atoms with E-state index >= 15 is 0 Å². The van der Waals surface area contributed by atoms with Crippen LogP contribution in [0.4, 0.5) is 5.69 Å². The molecule has 0 unspecified atom stereocenters. The van der Waals surface area contributed by atoms with Crippen LogP contribution in [0.5, 0.6) is 11.5 Å². The van der Waals surface area contributed by atoms with Crippen LogP contribution < -0.4 is 14.2 Å². The monoisotopic (exact) mass is 364 g/mol. The summed E-state index contributed by atoms with van der Waals surface area (Å²) in [4.78, 5) is 13.0. The molecule has 0 aliphatic heterocycles. The first-order valence-electron chi connectivity index (χ1n) is 7.42. The topological polar surface area (TPSA) is 84.9 Å². The molecule has 0 aromatic heterocycles. The lowest BCUT2D eigenvalue weighted by Crippen LogP contribution is -2.27. The molecule has 25 heavy (non-hydrogen) atoms. The van der Waals surface area contributed by atoms with E-state index in [0.29, 0.717) is 17.2 Å². The van der Waals surface area contributed by atoms with E-state index in [-0.39, 0.29) is 17.4 Å². The molecule has 2 aromatic rings. The molecule has 1 amide bonds. The third-order valence-corrected chi connectivity index (χ3v) is 4.73. The van der Waals surface area contributed by atoms with Gasteiger partial charge in [0.25, 0.3) is 15.9 Å². The Kier molecular flexibility index (Phi) is 5.87. The summed E-state index contributed by atoms with van der Waals surface area (Å²) in [5.41, 5.74) is 0.428. The van der Waals surface area contributed by atoms with Crippen molar-refractivity contribution in [3.8, 4) is 11.5 Å². The molecule has 7 nitrogen and oxygen atoms in total. The lowest BCUT2D eigenvalue weighted by atomic mass is 10.3. The number of nitrogens with zero attached hydrogens (tertiary/aromatic N) is 1. The van der Waals surface area contributed by atoms with Crippen LogP contribution in [0.3, 0.4) is 0 Å². The maximum Gasteiger partial charge on any atom is 0.261 e. The molecule has 0 radical (unpaired) electrons. The van der Waals surface area contributed by atoms with Gasteiger partial charge in [-0.25, -0.2) is 8.42 Å². The number of nitrogens with one attached hydrogen (secondary N) is 1. The van der Waals surface area contributed by atoms with Crippen LogP contribution in [-0.4, -0.2) is 47.0 Å². The Morgan fingerprint density at radius 1 is 1.00 bits per heavy atom. The summed E-state index contributed by atoms with van der Waals surface area (Å²) in [5, 5.41) is 0. The van der Waals surface area contributed by atoms with E-state index in [4.69, 9.17) is 9.47 Å². The molecular formula is C17H20N2O5S. The number of hydrogen-bond donors (Lipinski definition) is 1. The van der Waals surface area contributed by atoms with Gasteiger partial charge in [-0.3, -0.25) is 9.52 Å². The highest BCUT2D eigenvalue weighted by molar-refractivity contribution is 7.92. The largest absolute Gasteiger partial charge is 0.497 e. The zero-order chi connectivity index (χ0) is 18.4. The molecule has 134 valence electrons. The van der Waals surface area contributed by atoms with Gasteiger partial charge in [0.1, 0.15) is 11.5 Å². The molecule has 0 bridgehead atoms. The Bertz CT molecular complexity index is 815. The quantitative estimate of drug-likeness (QED) is 0.812. The van der Waals surface area contributed by atoms with Crippen molar-refractivity contribution in [2.75, 3.05) is 32.5 Å². The summed E-state index contributed by atoms with van der Waals surface area (Å²) in [6.45, 7) is -0.108. The smallest absolute Gasteiger partial charge is 0.261 e. The zero-order valence-electron chi connectivity index (χ0n) is 14.2. The van der Waals surface area contributed by atoms with E-state index in [9.17, 15) is 13.2 Å². The van der Waals surface area contributed by atoms with E-state index < -0.39 is 10.0 Å². The second kappa shape index (κ2) is 7.89. The molecule has 0 aliphatic rings. The predicted octanol–water partition coefficient (Wildman–Crippen LogP) is 1.96. The summed E-state index contributed by atoms with van der Waals surface area (Å²) in [6.07, 6.45) is 0. The lowest BCUT2D eigenvalue weighted by molar-refractivity contribution is -0.130. The highest BCUT2D eigenvalue weighted by Crippen LogP contribution is 2.21. The molecule has 0 saturated carbocycles. The highest BCUT2D eigenvalue weighted by atomic mass is 32.2. The number of carbonyl (C=O) groups is 1. The number of likely N-dealkylation sites (N-methyl/N-ethyl adjacent to an activating group) is 1. The minimum Gasteiger partial charge on any atom is -0.497 e. The fourth-order valence-corrected chi connectivity index (χ4v) is 2.92. The molecule has 0 spiro atoms. The number of methoxy groups -OCH3 is 1. The van der Waals surface area contributed by atoms with Gasteiger partial charge in [-0.2, -0.15) is 0 Å². The van der Waals surface area contributed by atoms with Crippen molar-refractivity contribution in [3.63, 3.8) is 0 Å². The van der Waals surface area contributed by atoms with E-state index in [0.717, 1.165) is 0 Å². The van der Waals surface area contributed by atoms with Crippen molar-refractivity contribution < 1.29 is 22.7 Å². The highest BCUT2D eigenvalue weighted by Gasteiger charge is 2.14. The van der Waals surface area contributed by atoms with Crippen LogP contribution in [0.15, 0.2) is 53.4 Å². The van der Waals surface area contributed by atoms with Gasteiger partial charge in [0, 0.05) is 19.8 Å². The summed E-state index contributed by atoms with van der Waals surface area (Å²) >= 11 is 0. The first kappa shape index (κ1) is 18.6. The summed E-state index contributed by atoms with van der Waals surface area (Å²) in [5.74, 6) is 0.869. The second-order valence-corrected chi connectivity index (χ2v) is 7.06. The number of sulfonamides is 1. The minimum absolute atomic E-state index is 0.0922. The average Bonchev–Trinajstić information content (AvgIpc) is 2.60. The molecule has 2 rings (SSSR count). The number of rotatable bonds is 7. The SMILES string of the molecule is COc1ccc(NS(=O)(=O)c2ccc(OCC(=O)N(C)C)cc2)cc1. The molecule has 0 atom stereocenters.